The predicted octanol–water partition coefficient (Wildman–Crippen LogP) is 3.54. The SMILES string of the molecule is CCNc1ncc2cc(-c3ccc(-c4cccc(C)n4)cc3C)c(=O)n(CCOCCN)c2n1. The molecule has 0 saturated heterocycles. The quantitative estimate of drug-likeness (QED) is 0.369. The smallest absolute Gasteiger partial charge is 0.260 e. The van der Waals surface area contributed by atoms with E-state index in [4.69, 9.17) is 10.5 Å². The second-order valence-corrected chi connectivity index (χ2v) is 8.11. The Balaban J connectivity index is 1.81. The summed E-state index contributed by atoms with van der Waals surface area (Å²) in [5, 5.41) is 3.90. The van der Waals surface area contributed by atoms with Gasteiger partial charge in [0.25, 0.3) is 5.56 Å². The fraction of sp³-hybridized carbons (Fsp3) is 0.308. The van der Waals surface area contributed by atoms with Gasteiger partial charge in [-0.2, -0.15) is 4.98 Å². The molecule has 0 aliphatic carbocycles. The van der Waals surface area contributed by atoms with E-state index in [9.17, 15) is 4.79 Å². The molecule has 34 heavy (non-hydrogen) atoms. The van der Waals surface area contributed by atoms with Gasteiger partial charge in [0.05, 0.1) is 25.5 Å². The van der Waals surface area contributed by atoms with Crippen molar-refractivity contribution in [1.82, 2.24) is 19.5 Å². The zero-order valence-corrected chi connectivity index (χ0v) is 19.8. The lowest BCUT2D eigenvalue weighted by Gasteiger charge is -2.15. The highest BCUT2D eigenvalue weighted by molar-refractivity contribution is 5.83. The number of aromatic nitrogens is 4. The van der Waals surface area contributed by atoms with Gasteiger partial charge in [0.15, 0.2) is 0 Å². The van der Waals surface area contributed by atoms with Crippen LogP contribution in [0.15, 0.2) is 53.5 Å². The van der Waals surface area contributed by atoms with E-state index in [-0.39, 0.29) is 5.56 Å². The number of hydrogen-bond donors (Lipinski definition) is 2. The summed E-state index contributed by atoms with van der Waals surface area (Å²) in [5.41, 5.74) is 11.4. The van der Waals surface area contributed by atoms with E-state index >= 15 is 0 Å². The molecule has 0 aliphatic rings. The molecule has 3 N–H and O–H groups in total. The molecule has 0 radical (unpaired) electrons. The minimum absolute atomic E-state index is 0.116. The molecule has 8 heteroatoms. The summed E-state index contributed by atoms with van der Waals surface area (Å²) in [7, 11) is 0. The van der Waals surface area contributed by atoms with Gasteiger partial charge in [0.2, 0.25) is 5.95 Å². The summed E-state index contributed by atoms with van der Waals surface area (Å²) >= 11 is 0. The lowest BCUT2D eigenvalue weighted by molar-refractivity contribution is 0.133. The highest BCUT2D eigenvalue weighted by atomic mass is 16.5. The topological polar surface area (TPSA) is 108 Å². The Kier molecular flexibility index (Phi) is 7.30. The maximum Gasteiger partial charge on any atom is 0.260 e. The number of anilines is 1. The van der Waals surface area contributed by atoms with Gasteiger partial charge in [0, 0.05) is 41.5 Å². The Labute approximate surface area is 198 Å². The summed E-state index contributed by atoms with van der Waals surface area (Å²) in [4.78, 5) is 27.3. The fourth-order valence-electron chi connectivity index (χ4n) is 3.97. The fourth-order valence-corrected chi connectivity index (χ4v) is 3.97. The van der Waals surface area contributed by atoms with Crippen LogP contribution in [0.4, 0.5) is 5.95 Å². The molecule has 0 spiro atoms. The third-order valence-electron chi connectivity index (χ3n) is 5.58. The second kappa shape index (κ2) is 10.5. The first-order valence-corrected chi connectivity index (χ1v) is 11.5. The van der Waals surface area contributed by atoms with Gasteiger partial charge in [-0.1, -0.05) is 18.2 Å². The largest absolute Gasteiger partial charge is 0.378 e. The number of rotatable bonds is 9. The Hall–Kier alpha value is -3.62. The van der Waals surface area contributed by atoms with Crippen LogP contribution in [0.5, 0.6) is 0 Å². The summed E-state index contributed by atoms with van der Waals surface area (Å²) < 4.78 is 7.23. The lowest BCUT2D eigenvalue weighted by atomic mass is 9.97. The van der Waals surface area contributed by atoms with Gasteiger partial charge < -0.3 is 15.8 Å². The Morgan fingerprint density at radius 3 is 2.65 bits per heavy atom. The van der Waals surface area contributed by atoms with Crippen molar-refractivity contribution in [2.24, 2.45) is 5.73 Å². The van der Waals surface area contributed by atoms with E-state index in [0.29, 0.717) is 50.0 Å². The van der Waals surface area contributed by atoms with E-state index in [1.807, 2.05) is 57.2 Å². The van der Waals surface area contributed by atoms with Crippen molar-refractivity contribution < 1.29 is 4.74 Å². The van der Waals surface area contributed by atoms with Crippen molar-refractivity contribution in [3.63, 3.8) is 0 Å². The van der Waals surface area contributed by atoms with E-state index < -0.39 is 0 Å². The zero-order valence-electron chi connectivity index (χ0n) is 19.8. The van der Waals surface area contributed by atoms with Gasteiger partial charge in [-0.05, 0) is 56.2 Å². The molecule has 0 atom stereocenters. The number of ether oxygens (including phenoxy) is 1. The molecule has 4 aromatic rings. The molecule has 0 aliphatic heterocycles. The molecule has 1 aromatic carbocycles. The highest BCUT2D eigenvalue weighted by Gasteiger charge is 2.15. The van der Waals surface area contributed by atoms with Crippen LogP contribution < -0.4 is 16.6 Å². The van der Waals surface area contributed by atoms with Crippen LogP contribution in [-0.4, -0.2) is 45.8 Å². The molecule has 176 valence electrons. The van der Waals surface area contributed by atoms with Gasteiger partial charge >= 0.3 is 0 Å². The number of aryl methyl sites for hydroxylation is 2. The summed E-state index contributed by atoms with van der Waals surface area (Å²) in [6.07, 6.45) is 1.75. The van der Waals surface area contributed by atoms with Crippen LogP contribution in [0, 0.1) is 13.8 Å². The maximum absolute atomic E-state index is 13.7. The van der Waals surface area contributed by atoms with Crippen LogP contribution in [0.2, 0.25) is 0 Å². The summed E-state index contributed by atoms with van der Waals surface area (Å²) in [6.45, 7) is 8.27. The number of nitrogens with one attached hydrogen (secondary N) is 1. The van der Waals surface area contributed by atoms with E-state index in [1.165, 1.54) is 0 Å². The Morgan fingerprint density at radius 1 is 1.06 bits per heavy atom. The first-order chi connectivity index (χ1) is 16.5. The molecular formula is C26H30N6O2. The van der Waals surface area contributed by atoms with Crippen LogP contribution in [0.25, 0.3) is 33.4 Å². The van der Waals surface area contributed by atoms with Crippen molar-refractivity contribution >= 4 is 17.0 Å². The number of benzene rings is 1. The van der Waals surface area contributed by atoms with Crippen LogP contribution >= 0.6 is 0 Å². The van der Waals surface area contributed by atoms with Crippen molar-refractivity contribution in [2.45, 2.75) is 27.3 Å². The highest BCUT2D eigenvalue weighted by Crippen LogP contribution is 2.28. The van der Waals surface area contributed by atoms with E-state index in [2.05, 4.69) is 26.3 Å². The number of nitrogens with two attached hydrogens (primary N) is 1. The first kappa shape index (κ1) is 23.5. The zero-order chi connectivity index (χ0) is 24.1. The molecule has 4 rings (SSSR count). The maximum atomic E-state index is 13.7. The van der Waals surface area contributed by atoms with Crippen molar-refractivity contribution in [3.05, 3.63) is 70.3 Å². The third kappa shape index (κ3) is 4.98. The Bertz CT molecular complexity index is 1370. The minimum Gasteiger partial charge on any atom is -0.378 e. The third-order valence-corrected chi connectivity index (χ3v) is 5.58. The van der Waals surface area contributed by atoms with Crippen molar-refractivity contribution in [1.29, 1.82) is 0 Å². The molecule has 0 saturated carbocycles. The van der Waals surface area contributed by atoms with Gasteiger partial charge in [-0.25, -0.2) is 4.98 Å². The molecule has 0 amide bonds. The predicted molar refractivity (Wildman–Crippen MR) is 136 cm³/mol. The second-order valence-electron chi connectivity index (χ2n) is 8.11. The van der Waals surface area contributed by atoms with Crippen LogP contribution in [0.1, 0.15) is 18.2 Å². The normalized spacial score (nSPS) is 11.2. The van der Waals surface area contributed by atoms with E-state index in [1.54, 1.807) is 10.8 Å². The van der Waals surface area contributed by atoms with E-state index in [0.717, 1.165) is 33.5 Å². The molecular weight excluding hydrogens is 428 g/mol. The molecule has 3 heterocycles. The monoisotopic (exact) mass is 458 g/mol. The lowest BCUT2D eigenvalue weighted by Crippen LogP contribution is -2.26. The first-order valence-electron chi connectivity index (χ1n) is 11.5. The minimum atomic E-state index is -0.116. The van der Waals surface area contributed by atoms with Gasteiger partial charge in [-0.15, -0.1) is 0 Å². The van der Waals surface area contributed by atoms with Gasteiger partial charge in [-0.3, -0.25) is 14.3 Å². The molecule has 0 unspecified atom stereocenters. The van der Waals surface area contributed by atoms with Crippen molar-refractivity contribution in [3.8, 4) is 22.4 Å². The molecule has 3 aromatic heterocycles. The van der Waals surface area contributed by atoms with Crippen LogP contribution in [-0.2, 0) is 11.3 Å². The molecule has 0 fully saturated rings. The number of nitrogens with zero attached hydrogens (tertiary/aromatic N) is 4. The average Bonchev–Trinajstić information content (AvgIpc) is 2.83. The molecule has 8 nitrogen and oxygen atoms in total. The average molecular weight is 459 g/mol. The van der Waals surface area contributed by atoms with Crippen molar-refractivity contribution in [2.75, 3.05) is 31.6 Å². The standard InChI is InChI=1S/C26H30N6O2/c1-4-28-26-29-16-20-15-22(25(33)32(24(20)31-26)11-13-34-12-10-27)21-9-8-19(14-17(21)2)23-7-5-6-18(3)30-23/h5-9,14-16H,4,10-13,27H2,1-3H3,(H,28,29,31). The van der Waals surface area contributed by atoms with Gasteiger partial charge in [0.1, 0.15) is 5.65 Å². The molecule has 0 bridgehead atoms. The number of fused-ring (bicyclic) bond motifs is 1. The summed E-state index contributed by atoms with van der Waals surface area (Å²) in [6, 6.07) is 13.9. The van der Waals surface area contributed by atoms with Crippen LogP contribution in [0.3, 0.4) is 0 Å². The number of pyridine rings is 2. The summed E-state index contributed by atoms with van der Waals surface area (Å²) in [5.74, 6) is 0.491. The Morgan fingerprint density at radius 2 is 1.91 bits per heavy atom. The number of hydrogen-bond acceptors (Lipinski definition) is 7.